The number of rotatable bonds is 8. The lowest BCUT2D eigenvalue weighted by Gasteiger charge is -2.14. The number of hydrogen-bond donors (Lipinski definition) is 2. The van der Waals surface area contributed by atoms with Gasteiger partial charge in [0.05, 0.1) is 17.7 Å². The monoisotopic (exact) mass is 473 g/mol. The van der Waals surface area contributed by atoms with Crippen molar-refractivity contribution in [1.82, 2.24) is 9.88 Å². The molecule has 0 spiro atoms. The number of nitrogens with zero attached hydrogens (tertiary/aromatic N) is 2. The van der Waals surface area contributed by atoms with Crippen LogP contribution in [-0.2, 0) is 22.4 Å². The highest BCUT2D eigenvalue weighted by Gasteiger charge is 2.24. The number of carbonyl (C=O) groups excluding carboxylic acids is 2. The molecular formula is C27H27N3O5. The molecular weight excluding hydrogens is 446 g/mol. The summed E-state index contributed by atoms with van der Waals surface area (Å²) in [6, 6.07) is 17.6. The zero-order valence-electron chi connectivity index (χ0n) is 19.4. The first kappa shape index (κ1) is 23.9. The Bertz CT molecular complexity index is 1210. The molecule has 1 atom stereocenters. The van der Waals surface area contributed by atoms with E-state index in [0.29, 0.717) is 23.1 Å². The molecule has 1 saturated heterocycles. The van der Waals surface area contributed by atoms with Gasteiger partial charge in [0.25, 0.3) is 0 Å². The fourth-order valence-electron chi connectivity index (χ4n) is 4.17. The van der Waals surface area contributed by atoms with Crippen LogP contribution in [-0.4, -0.2) is 45.9 Å². The molecule has 2 heterocycles. The minimum Gasteiger partial charge on any atom is -0.478 e. The number of aromatic carboxylic acids is 1. The fraction of sp³-hybridized carbons (Fsp3) is 0.259. The predicted octanol–water partition coefficient (Wildman–Crippen LogP) is 4.16. The zero-order chi connectivity index (χ0) is 24.8. The van der Waals surface area contributed by atoms with E-state index < -0.39 is 5.97 Å². The van der Waals surface area contributed by atoms with Gasteiger partial charge < -0.3 is 20.1 Å². The lowest BCUT2D eigenvalue weighted by molar-refractivity contribution is -0.127. The Hall–Kier alpha value is -4.20. The molecule has 2 N–H and O–H groups in total. The van der Waals surface area contributed by atoms with E-state index in [9.17, 15) is 19.5 Å². The summed E-state index contributed by atoms with van der Waals surface area (Å²) >= 11 is 0. The maximum atomic E-state index is 12.4. The Balaban J connectivity index is 1.29. The second kappa shape index (κ2) is 10.8. The number of likely N-dealkylation sites (tertiary alicyclic amines) is 1. The molecule has 4 rings (SSSR count). The summed E-state index contributed by atoms with van der Waals surface area (Å²) in [6.45, 7) is 3.26. The van der Waals surface area contributed by atoms with Gasteiger partial charge in [-0.2, -0.15) is 0 Å². The number of hydrogen-bond acceptors (Lipinski definition) is 5. The van der Waals surface area contributed by atoms with Crippen molar-refractivity contribution in [3.05, 3.63) is 83.6 Å². The Labute approximate surface area is 203 Å². The first-order chi connectivity index (χ1) is 16.9. The summed E-state index contributed by atoms with van der Waals surface area (Å²) in [5.74, 6) is 0.252. The van der Waals surface area contributed by atoms with E-state index in [1.54, 1.807) is 43.5 Å². The van der Waals surface area contributed by atoms with E-state index in [0.717, 1.165) is 25.9 Å². The van der Waals surface area contributed by atoms with Crippen molar-refractivity contribution in [2.45, 2.75) is 26.2 Å². The van der Waals surface area contributed by atoms with E-state index in [4.69, 9.17) is 4.74 Å². The third-order valence-electron chi connectivity index (χ3n) is 6.00. The van der Waals surface area contributed by atoms with Gasteiger partial charge in [-0.05, 0) is 54.2 Å². The first-order valence-electron chi connectivity index (χ1n) is 11.5. The predicted molar refractivity (Wildman–Crippen MR) is 131 cm³/mol. The van der Waals surface area contributed by atoms with Crippen LogP contribution in [0.2, 0.25) is 0 Å². The number of pyridine rings is 1. The van der Waals surface area contributed by atoms with Crippen molar-refractivity contribution in [3.63, 3.8) is 0 Å². The van der Waals surface area contributed by atoms with Gasteiger partial charge in [0, 0.05) is 32.3 Å². The Morgan fingerprint density at radius 1 is 1.06 bits per heavy atom. The molecule has 8 nitrogen and oxygen atoms in total. The van der Waals surface area contributed by atoms with Gasteiger partial charge in [0.2, 0.25) is 17.7 Å². The number of para-hydroxylation sites is 1. The van der Waals surface area contributed by atoms with Gasteiger partial charge in [-0.3, -0.25) is 9.59 Å². The van der Waals surface area contributed by atoms with Crippen LogP contribution in [0, 0.1) is 5.92 Å². The Morgan fingerprint density at radius 3 is 2.46 bits per heavy atom. The van der Waals surface area contributed by atoms with Gasteiger partial charge in [-0.1, -0.05) is 30.3 Å². The topological polar surface area (TPSA) is 109 Å². The summed E-state index contributed by atoms with van der Waals surface area (Å²) < 4.78 is 5.82. The molecule has 8 heteroatoms. The average molecular weight is 474 g/mol. The summed E-state index contributed by atoms with van der Waals surface area (Å²) in [4.78, 5) is 41.3. The first-order valence-corrected chi connectivity index (χ1v) is 11.5. The molecule has 0 bridgehead atoms. The molecule has 3 aromatic rings. The highest BCUT2D eigenvalue weighted by atomic mass is 16.5. The van der Waals surface area contributed by atoms with Crippen LogP contribution in [0.1, 0.15) is 34.8 Å². The third kappa shape index (κ3) is 6.44. The van der Waals surface area contributed by atoms with Gasteiger partial charge in [0.15, 0.2) is 0 Å². The van der Waals surface area contributed by atoms with Crippen LogP contribution in [0.5, 0.6) is 11.6 Å². The van der Waals surface area contributed by atoms with Gasteiger partial charge in [0.1, 0.15) is 5.75 Å². The second-order valence-corrected chi connectivity index (χ2v) is 8.65. The van der Waals surface area contributed by atoms with Gasteiger partial charge in [-0.25, -0.2) is 9.78 Å². The highest BCUT2D eigenvalue weighted by molar-refractivity contribution is 6.00. The summed E-state index contributed by atoms with van der Waals surface area (Å²) in [5, 5.41) is 11.9. The lowest BCUT2D eigenvalue weighted by atomic mass is 9.99. The number of carbonyl (C=O) groups is 3. The highest BCUT2D eigenvalue weighted by Crippen LogP contribution is 2.24. The van der Waals surface area contributed by atoms with Gasteiger partial charge >= 0.3 is 5.97 Å². The van der Waals surface area contributed by atoms with Crippen molar-refractivity contribution in [1.29, 1.82) is 0 Å². The van der Waals surface area contributed by atoms with Crippen LogP contribution >= 0.6 is 0 Å². The summed E-state index contributed by atoms with van der Waals surface area (Å²) in [7, 11) is 0. The quantitative estimate of drug-likeness (QED) is 0.508. The molecule has 35 heavy (non-hydrogen) atoms. The third-order valence-corrected chi connectivity index (χ3v) is 6.00. The number of benzene rings is 2. The minimum atomic E-state index is -1.10. The summed E-state index contributed by atoms with van der Waals surface area (Å²) in [6.07, 6.45) is 3.57. The smallest absolute Gasteiger partial charge is 0.337 e. The van der Waals surface area contributed by atoms with Gasteiger partial charge in [-0.15, -0.1) is 0 Å². The molecule has 2 amide bonds. The maximum absolute atomic E-state index is 12.4. The van der Waals surface area contributed by atoms with Crippen LogP contribution < -0.4 is 10.1 Å². The van der Waals surface area contributed by atoms with Crippen LogP contribution in [0.15, 0.2) is 66.9 Å². The second-order valence-electron chi connectivity index (χ2n) is 8.65. The van der Waals surface area contributed by atoms with E-state index >= 15 is 0 Å². The number of aromatic nitrogens is 1. The fourth-order valence-corrected chi connectivity index (χ4v) is 4.17. The van der Waals surface area contributed by atoms with Crippen molar-refractivity contribution in [3.8, 4) is 11.6 Å². The lowest BCUT2D eigenvalue weighted by Crippen LogP contribution is -2.26. The Kier molecular flexibility index (Phi) is 7.40. The molecule has 1 aliphatic heterocycles. The van der Waals surface area contributed by atoms with E-state index in [-0.39, 0.29) is 29.5 Å². The molecule has 1 aromatic heterocycles. The number of amides is 2. The average Bonchev–Trinajstić information content (AvgIpc) is 3.31. The summed E-state index contributed by atoms with van der Waals surface area (Å²) in [5.41, 5.74) is 2.17. The SMILES string of the molecule is CC(=O)N1CCC(Cc2ccc(Oc3ccc(CC(=O)Nc4ccccc4C(=O)O)cn3)cc2)C1. The van der Waals surface area contributed by atoms with Crippen LogP contribution in [0.25, 0.3) is 0 Å². The maximum Gasteiger partial charge on any atom is 0.337 e. The number of carboxylic acids is 1. The molecule has 2 aromatic carbocycles. The van der Waals surface area contributed by atoms with E-state index in [2.05, 4.69) is 10.3 Å². The molecule has 0 radical (unpaired) electrons. The largest absolute Gasteiger partial charge is 0.478 e. The number of ether oxygens (including phenoxy) is 1. The molecule has 1 fully saturated rings. The molecule has 1 aliphatic rings. The Morgan fingerprint density at radius 2 is 1.80 bits per heavy atom. The molecule has 0 aliphatic carbocycles. The zero-order valence-corrected chi connectivity index (χ0v) is 19.4. The van der Waals surface area contributed by atoms with Crippen molar-refractivity contribution < 1.29 is 24.2 Å². The van der Waals surface area contributed by atoms with Crippen LogP contribution in [0.4, 0.5) is 5.69 Å². The molecule has 180 valence electrons. The molecule has 1 unspecified atom stereocenters. The normalized spacial score (nSPS) is 15.0. The van der Waals surface area contributed by atoms with Crippen LogP contribution in [0.3, 0.4) is 0 Å². The minimum absolute atomic E-state index is 0.0371. The molecule has 0 saturated carbocycles. The van der Waals surface area contributed by atoms with Crippen molar-refractivity contribution in [2.24, 2.45) is 5.92 Å². The van der Waals surface area contributed by atoms with E-state index in [1.807, 2.05) is 29.2 Å². The van der Waals surface area contributed by atoms with Crippen molar-refractivity contribution in [2.75, 3.05) is 18.4 Å². The number of carboxylic acid groups (broad SMARTS) is 1. The number of anilines is 1. The van der Waals surface area contributed by atoms with Crippen molar-refractivity contribution >= 4 is 23.5 Å². The standard InChI is InChI=1S/C27H27N3O5/c1-18(31)30-13-12-21(17-30)14-19-6-9-22(10-7-19)35-26-11-8-20(16-28-26)15-25(32)29-24-5-3-2-4-23(24)27(33)34/h2-11,16,21H,12-15,17H2,1H3,(H,29,32)(H,33,34). The number of nitrogens with one attached hydrogen (secondary N) is 1. The van der Waals surface area contributed by atoms with E-state index in [1.165, 1.54) is 11.6 Å².